The molecule has 0 bridgehead atoms. The van der Waals surface area contributed by atoms with Crippen molar-refractivity contribution in [3.8, 4) is 17.2 Å². The number of nitriles is 1. The van der Waals surface area contributed by atoms with Crippen LogP contribution in [-0.2, 0) is 4.74 Å². The summed E-state index contributed by atoms with van der Waals surface area (Å²) < 4.78 is 5.33. The second-order valence-electron chi connectivity index (χ2n) is 4.98. The molecule has 0 saturated carbocycles. The Morgan fingerprint density at radius 3 is 2.65 bits per heavy atom. The fourth-order valence-corrected chi connectivity index (χ4v) is 3.97. The molecule has 1 fully saturated rings. The van der Waals surface area contributed by atoms with Crippen LogP contribution in [-0.4, -0.2) is 37.4 Å². The zero-order chi connectivity index (χ0) is 16.4. The summed E-state index contributed by atoms with van der Waals surface area (Å²) in [5, 5.41) is 20.3. The summed E-state index contributed by atoms with van der Waals surface area (Å²) >= 11 is 7.35. The van der Waals surface area contributed by atoms with Crippen LogP contribution in [0.5, 0.6) is 0 Å². The Bertz CT molecular complexity index is 791. The van der Waals surface area contributed by atoms with Gasteiger partial charge in [-0.25, -0.2) is 4.79 Å². The summed E-state index contributed by atoms with van der Waals surface area (Å²) in [5.74, 6) is -1.05. The van der Waals surface area contributed by atoms with Crippen LogP contribution in [0, 0.1) is 11.3 Å². The van der Waals surface area contributed by atoms with Crippen LogP contribution < -0.4 is 4.90 Å². The van der Waals surface area contributed by atoms with E-state index in [2.05, 4.69) is 6.07 Å². The van der Waals surface area contributed by atoms with Gasteiger partial charge in [0.1, 0.15) is 15.9 Å². The molecule has 0 amide bonds. The Kier molecular flexibility index (Phi) is 4.53. The normalized spacial score (nSPS) is 14.5. The average Bonchev–Trinajstić information content (AvgIpc) is 2.95. The van der Waals surface area contributed by atoms with E-state index in [9.17, 15) is 15.2 Å². The quantitative estimate of drug-likeness (QED) is 0.919. The standard InChI is InChI=1S/C16H13ClN2O3S/c17-12-4-2-1-3-10(12)13-11(9-18)15(23-14(13)16(20)21)19-5-7-22-8-6-19/h1-4H,5-8H2,(H,20,21). The molecule has 3 rings (SSSR count). The third-order valence-electron chi connectivity index (χ3n) is 3.64. The molecule has 1 N–H and O–H groups in total. The van der Waals surface area contributed by atoms with Crippen molar-refractivity contribution in [3.05, 3.63) is 39.7 Å². The van der Waals surface area contributed by atoms with Crippen LogP contribution in [0.15, 0.2) is 24.3 Å². The number of aromatic carboxylic acids is 1. The van der Waals surface area contributed by atoms with E-state index < -0.39 is 5.97 Å². The maximum absolute atomic E-state index is 11.7. The van der Waals surface area contributed by atoms with Crippen LogP contribution in [0.4, 0.5) is 5.00 Å². The summed E-state index contributed by atoms with van der Waals surface area (Å²) in [6.07, 6.45) is 0. The number of anilines is 1. The Labute approximate surface area is 142 Å². The van der Waals surface area contributed by atoms with Crippen molar-refractivity contribution in [2.45, 2.75) is 0 Å². The molecule has 0 atom stereocenters. The van der Waals surface area contributed by atoms with Gasteiger partial charge < -0.3 is 14.7 Å². The van der Waals surface area contributed by atoms with Crippen LogP contribution in [0.2, 0.25) is 5.02 Å². The average molecular weight is 349 g/mol. The van der Waals surface area contributed by atoms with Crippen molar-refractivity contribution in [2.75, 3.05) is 31.2 Å². The first-order valence-electron chi connectivity index (χ1n) is 7.01. The number of morpholine rings is 1. The number of hydrogen-bond acceptors (Lipinski definition) is 5. The third kappa shape index (κ3) is 2.91. The van der Waals surface area contributed by atoms with E-state index in [0.717, 1.165) is 11.3 Å². The number of halogens is 1. The van der Waals surface area contributed by atoms with Crippen LogP contribution in [0.25, 0.3) is 11.1 Å². The maximum atomic E-state index is 11.7. The maximum Gasteiger partial charge on any atom is 0.346 e. The number of thiophene rings is 1. The highest BCUT2D eigenvalue weighted by molar-refractivity contribution is 7.18. The van der Waals surface area contributed by atoms with Crippen molar-refractivity contribution in [3.63, 3.8) is 0 Å². The number of carboxylic acid groups (broad SMARTS) is 1. The summed E-state index contributed by atoms with van der Waals surface area (Å²) in [7, 11) is 0. The second-order valence-corrected chi connectivity index (χ2v) is 6.39. The molecular formula is C16H13ClN2O3S. The minimum atomic E-state index is -1.05. The first kappa shape index (κ1) is 15.8. The van der Waals surface area contributed by atoms with Crippen LogP contribution >= 0.6 is 22.9 Å². The summed E-state index contributed by atoms with van der Waals surface area (Å²) in [6.45, 7) is 2.39. The first-order valence-corrected chi connectivity index (χ1v) is 8.20. The van der Waals surface area contributed by atoms with Crippen LogP contribution in [0.1, 0.15) is 15.2 Å². The molecule has 1 aliphatic rings. The smallest absolute Gasteiger partial charge is 0.346 e. The second kappa shape index (κ2) is 6.59. The summed E-state index contributed by atoms with van der Waals surface area (Å²) in [4.78, 5) is 13.8. The number of carbonyl (C=O) groups is 1. The molecule has 23 heavy (non-hydrogen) atoms. The molecule has 0 unspecified atom stereocenters. The van der Waals surface area contributed by atoms with E-state index in [1.807, 2.05) is 4.90 Å². The molecule has 7 heteroatoms. The third-order valence-corrected chi connectivity index (χ3v) is 5.21. The summed E-state index contributed by atoms with van der Waals surface area (Å²) in [5.41, 5.74) is 1.33. The Hall–Kier alpha value is -2.07. The number of hydrogen-bond donors (Lipinski definition) is 1. The van der Waals surface area contributed by atoms with E-state index >= 15 is 0 Å². The predicted octanol–water partition coefficient (Wildman–Crippen LogP) is 3.47. The molecule has 2 heterocycles. The molecule has 0 spiro atoms. The van der Waals surface area contributed by atoms with Gasteiger partial charge in [0.2, 0.25) is 0 Å². The highest BCUT2D eigenvalue weighted by Gasteiger charge is 2.28. The monoisotopic (exact) mass is 348 g/mol. The largest absolute Gasteiger partial charge is 0.477 e. The van der Waals surface area contributed by atoms with E-state index in [-0.39, 0.29) is 4.88 Å². The highest BCUT2D eigenvalue weighted by atomic mass is 35.5. The fourth-order valence-electron chi connectivity index (χ4n) is 2.58. The van der Waals surface area contributed by atoms with Crippen molar-refractivity contribution in [2.24, 2.45) is 0 Å². The molecule has 1 saturated heterocycles. The molecule has 1 aromatic heterocycles. The van der Waals surface area contributed by atoms with E-state index in [0.29, 0.717) is 53.0 Å². The minimum Gasteiger partial charge on any atom is -0.477 e. The van der Waals surface area contributed by atoms with Gasteiger partial charge in [0.05, 0.1) is 18.8 Å². The minimum absolute atomic E-state index is 0.135. The summed E-state index contributed by atoms with van der Waals surface area (Å²) in [6, 6.07) is 9.14. The molecule has 1 aromatic carbocycles. The van der Waals surface area contributed by atoms with Gasteiger partial charge in [-0.1, -0.05) is 29.8 Å². The lowest BCUT2D eigenvalue weighted by Crippen LogP contribution is -2.36. The van der Waals surface area contributed by atoms with Gasteiger partial charge in [0.25, 0.3) is 0 Å². The van der Waals surface area contributed by atoms with Gasteiger partial charge in [-0.15, -0.1) is 11.3 Å². The van der Waals surface area contributed by atoms with Gasteiger partial charge in [0, 0.05) is 29.2 Å². The van der Waals surface area contributed by atoms with Gasteiger partial charge in [-0.05, 0) is 6.07 Å². The Morgan fingerprint density at radius 1 is 1.35 bits per heavy atom. The van der Waals surface area contributed by atoms with Gasteiger partial charge >= 0.3 is 5.97 Å². The first-order chi connectivity index (χ1) is 11.1. The number of ether oxygens (including phenoxy) is 1. The molecule has 5 nitrogen and oxygen atoms in total. The molecular weight excluding hydrogens is 336 g/mol. The Morgan fingerprint density at radius 2 is 2.04 bits per heavy atom. The zero-order valence-electron chi connectivity index (χ0n) is 12.1. The topological polar surface area (TPSA) is 73.6 Å². The SMILES string of the molecule is N#Cc1c(N2CCOCC2)sc(C(=O)O)c1-c1ccccc1Cl. The van der Waals surface area contributed by atoms with Gasteiger partial charge in [-0.2, -0.15) is 5.26 Å². The van der Waals surface area contributed by atoms with Crippen molar-refractivity contribution >= 4 is 33.9 Å². The number of rotatable bonds is 3. The van der Waals surface area contributed by atoms with Crippen LogP contribution in [0.3, 0.4) is 0 Å². The highest BCUT2D eigenvalue weighted by Crippen LogP contribution is 2.44. The lowest BCUT2D eigenvalue weighted by molar-refractivity contribution is 0.0703. The molecule has 0 radical (unpaired) electrons. The molecule has 2 aromatic rings. The van der Waals surface area contributed by atoms with Gasteiger partial charge in [0.15, 0.2) is 0 Å². The van der Waals surface area contributed by atoms with Crippen molar-refractivity contribution in [1.82, 2.24) is 0 Å². The van der Waals surface area contributed by atoms with E-state index in [1.54, 1.807) is 24.3 Å². The van der Waals surface area contributed by atoms with Gasteiger partial charge in [-0.3, -0.25) is 0 Å². The lowest BCUT2D eigenvalue weighted by atomic mass is 10.0. The number of benzene rings is 1. The zero-order valence-corrected chi connectivity index (χ0v) is 13.7. The van der Waals surface area contributed by atoms with Crippen molar-refractivity contribution < 1.29 is 14.6 Å². The number of nitrogens with zero attached hydrogens (tertiary/aromatic N) is 2. The van der Waals surface area contributed by atoms with Crippen molar-refractivity contribution in [1.29, 1.82) is 5.26 Å². The lowest BCUT2D eigenvalue weighted by Gasteiger charge is -2.27. The van der Waals surface area contributed by atoms with E-state index in [1.165, 1.54) is 0 Å². The predicted molar refractivity (Wildman–Crippen MR) is 89.5 cm³/mol. The molecule has 118 valence electrons. The molecule has 0 aliphatic carbocycles. The number of carboxylic acids is 1. The molecule has 1 aliphatic heterocycles. The Balaban J connectivity index is 2.21. The van der Waals surface area contributed by atoms with E-state index in [4.69, 9.17) is 16.3 Å². The fraction of sp³-hybridized carbons (Fsp3) is 0.250.